The van der Waals surface area contributed by atoms with E-state index in [1.54, 1.807) is 12.2 Å². The summed E-state index contributed by atoms with van der Waals surface area (Å²) in [7, 11) is 0. The van der Waals surface area contributed by atoms with Crippen LogP contribution in [0.4, 0.5) is 5.69 Å². The van der Waals surface area contributed by atoms with E-state index >= 15 is 0 Å². The predicted octanol–water partition coefficient (Wildman–Crippen LogP) is 3.96. The molecule has 0 unspecified atom stereocenters. The molecule has 0 aliphatic carbocycles. The van der Waals surface area contributed by atoms with Crippen LogP contribution in [-0.2, 0) is 4.79 Å². The fourth-order valence-electron chi connectivity index (χ4n) is 3.03. The van der Waals surface area contributed by atoms with Gasteiger partial charge >= 0.3 is 0 Å². The van der Waals surface area contributed by atoms with Crippen LogP contribution < -0.4 is 4.90 Å². The summed E-state index contributed by atoms with van der Waals surface area (Å²) < 4.78 is 0. The van der Waals surface area contributed by atoms with Gasteiger partial charge in [0.15, 0.2) is 0 Å². The van der Waals surface area contributed by atoms with Crippen molar-refractivity contribution in [1.29, 1.82) is 5.26 Å². The van der Waals surface area contributed by atoms with Crippen molar-refractivity contribution in [3.8, 4) is 6.07 Å². The first-order valence-electron chi connectivity index (χ1n) is 8.63. The van der Waals surface area contributed by atoms with E-state index < -0.39 is 0 Å². The Morgan fingerprint density at radius 3 is 2.62 bits per heavy atom. The summed E-state index contributed by atoms with van der Waals surface area (Å²) in [6.45, 7) is 3.10. The second-order valence-electron chi connectivity index (χ2n) is 6.21. The van der Waals surface area contributed by atoms with Gasteiger partial charge in [0.05, 0.1) is 11.6 Å². The molecular weight excluding hydrogens is 346 g/mol. The summed E-state index contributed by atoms with van der Waals surface area (Å²) in [4.78, 5) is 16.6. The number of carbonyl (C=O) groups excluding carboxylic acids is 1. The normalized spacial score (nSPS) is 14.9. The fraction of sp³-hybridized carbons (Fsp3) is 0.238. The van der Waals surface area contributed by atoms with Crippen molar-refractivity contribution in [3.05, 3.63) is 70.8 Å². The van der Waals surface area contributed by atoms with Crippen LogP contribution in [0.3, 0.4) is 0 Å². The number of halogens is 1. The topological polar surface area (TPSA) is 47.3 Å². The summed E-state index contributed by atoms with van der Waals surface area (Å²) in [5.74, 6) is 0.0200. The number of hydrogen-bond donors (Lipinski definition) is 0. The molecule has 1 saturated heterocycles. The monoisotopic (exact) mass is 365 g/mol. The summed E-state index contributed by atoms with van der Waals surface area (Å²) in [6.07, 6.45) is 4.33. The van der Waals surface area contributed by atoms with Gasteiger partial charge in [-0.3, -0.25) is 4.79 Å². The van der Waals surface area contributed by atoms with Crippen LogP contribution in [0.1, 0.15) is 17.5 Å². The molecule has 132 valence electrons. The van der Waals surface area contributed by atoms with Gasteiger partial charge in [-0.05, 0) is 54.5 Å². The lowest BCUT2D eigenvalue weighted by Crippen LogP contribution is -2.34. The molecule has 2 aromatic carbocycles. The van der Waals surface area contributed by atoms with E-state index in [4.69, 9.17) is 16.9 Å². The third kappa shape index (κ3) is 4.65. The number of carbonyl (C=O) groups is 1. The molecule has 1 fully saturated rings. The van der Waals surface area contributed by atoms with E-state index in [2.05, 4.69) is 11.0 Å². The van der Waals surface area contributed by atoms with Crippen molar-refractivity contribution in [2.75, 3.05) is 31.1 Å². The molecule has 5 heteroatoms. The first-order valence-corrected chi connectivity index (χ1v) is 9.01. The Hall–Kier alpha value is -2.77. The highest BCUT2D eigenvalue weighted by Gasteiger charge is 2.17. The molecule has 0 atom stereocenters. The van der Waals surface area contributed by atoms with Gasteiger partial charge in [0.25, 0.3) is 0 Å². The van der Waals surface area contributed by atoms with Crippen molar-refractivity contribution in [2.24, 2.45) is 0 Å². The van der Waals surface area contributed by atoms with E-state index in [-0.39, 0.29) is 5.91 Å². The molecular formula is C21H20ClN3O. The minimum absolute atomic E-state index is 0.0200. The van der Waals surface area contributed by atoms with E-state index in [1.165, 1.54) is 0 Å². The zero-order valence-corrected chi connectivity index (χ0v) is 15.2. The second-order valence-corrected chi connectivity index (χ2v) is 6.65. The lowest BCUT2D eigenvalue weighted by Gasteiger charge is -2.23. The third-order valence-electron chi connectivity index (χ3n) is 4.44. The first kappa shape index (κ1) is 18.0. The lowest BCUT2D eigenvalue weighted by molar-refractivity contribution is -0.125. The Morgan fingerprint density at radius 2 is 1.88 bits per heavy atom. The molecule has 2 aromatic rings. The van der Waals surface area contributed by atoms with Crippen molar-refractivity contribution in [1.82, 2.24) is 4.90 Å². The smallest absolute Gasteiger partial charge is 0.246 e. The molecule has 0 radical (unpaired) electrons. The number of rotatable bonds is 3. The minimum atomic E-state index is 0.0200. The Balaban J connectivity index is 1.60. The van der Waals surface area contributed by atoms with Crippen molar-refractivity contribution < 1.29 is 4.79 Å². The van der Waals surface area contributed by atoms with Gasteiger partial charge in [0.1, 0.15) is 0 Å². The standard InChI is InChI=1S/C21H20ClN3O/c22-19-4-1-3-17(15-19)7-10-21(26)25-12-2-11-24(13-14-25)20-8-5-18(16-23)6-9-20/h1,3-10,15H,2,11-14H2/b10-7+. The molecule has 0 spiro atoms. The zero-order valence-electron chi connectivity index (χ0n) is 14.4. The number of amides is 1. The number of anilines is 1. The van der Waals surface area contributed by atoms with Gasteiger partial charge in [-0.2, -0.15) is 5.26 Å². The summed E-state index contributed by atoms with van der Waals surface area (Å²) >= 11 is 5.97. The van der Waals surface area contributed by atoms with Gasteiger partial charge in [-0.25, -0.2) is 0 Å². The molecule has 4 nitrogen and oxygen atoms in total. The Morgan fingerprint density at radius 1 is 1.08 bits per heavy atom. The fourth-order valence-corrected chi connectivity index (χ4v) is 3.22. The summed E-state index contributed by atoms with van der Waals surface area (Å²) in [5.41, 5.74) is 2.67. The van der Waals surface area contributed by atoms with Crippen LogP contribution in [0, 0.1) is 11.3 Å². The van der Waals surface area contributed by atoms with Crippen molar-refractivity contribution in [3.63, 3.8) is 0 Å². The number of nitrogens with zero attached hydrogens (tertiary/aromatic N) is 3. The van der Waals surface area contributed by atoms with E-state index in [9.17, 15) is 4.79 Å². The Bertz CT molecular complexity index is 839. The SMILES string of the molecule is N#Cc1ccc(N2CCCN(C(=O)/C=C/c3cccc(Cl)c3)CC2)cc1. The van der Waals surface area contributed by atoms with E-state index in [0.29, 0.717) is 17.1 Å². The Kier molecular flexibility index (Phi) is 5.93. The maximum atomic E-state index is 12.5. The van der Waals surface area contributed by atoms with Gasteiger partial charge in [0, 0.05) is 43.0 Å². The van der Waals surface area contributed by atoms with Gasteiger partial charge in [-0.15, -0.1) is 0 Å². The van der Waals surface area contributed by atoms with E-state index in [0.717, 1.165) is 37.3 Å². The van der Waals surface area contributed by atoms with Crippen LogP contribution in [0.5, 0.6) is 0 Å². The number of nitriles is 1. The highest BCUT2D eigenvalue weighted by atomic mass is 35.5. The van der Waals surface area contributed by atoms with Crippen LogP contribution in [0.25, 0.3) is 6.08 Å². The number of hydrogen-bond acceptors (Lipinski definition) is 3. The van der Waals surface area contributed by atoms with Crippen LogP contribution in [0.15, 0.2) is 54.6 Å². The predicted molar refractivity (Wildman–Crippen MR) is 105 cm³/mol. The highest BCUT2D eigenvalue weighted by Crippen LogP contribution is 2.18. The Labute approximate surface area is 158 Å². The first-order chi connectivity index (χ1) is 12.7. The molecule has 1 heterocycles. The van der Waals surface area contributed by atoms with Crippen LogP contribution in [0.2, 0.25) is 5.02 Å². The molecule has 3 rings (SSSR count). The van der Waals surface area contributed by atoms with E-state index in [1.807, 2.05) is 53.4 Å². The molecule has 1 amide bonds. The molecule has 0 saturated carbocycles. The van der Waals surface area contributed by atoms with Crippen LogP contribution in [-0.4, -0.2) is 37.0 Å². The zero-order chi connectivity index (χ0) is 18.4. The minimum Gasteiger partial charge on any atom is -0.370 e. The molecule has 0 bridgehead atoms. The maximum absolute atomic E-state index is 12.5. The van der Waals surface area contributed by atoms with Crippen molar-refractivity contribution >= 4 is 29.3 Å². The van der Waals surface area contributed by atoms with Crippen LogP contribution >= 0.6 is 11.6 Å². The largest absolute Gasteiger partial charge is 0.370 e. The van der Waals surface area contributed by atoms with Gasteiger partial charge in [-0.1, -0.05) is 23.7 Å². The average Bonchev–Trinajstić information content (AvgIpc) is 2.92. The molecule has 26 heavy (non-hydrogen) atoms. The molecule has 0 N–H and O–H groups in total. The highest BCUT2D eigenvalue weighted by molar-refractivity contribution is 6.30. The van der Waals surface area contributed by atoms with Gasteiger partial charge < -0.3 is 9.80 Å². The second kappa shape index (κ2) is 8.55. The van der Waals surface area contributed by atoms with Gasteiger partial charge in [0.2, 0.25) is 5.91 Å². The molecule has 1 aliphatic rings. The summed E-state index contributed by atoms with van der Waals surface area (Å²) in [6, 6.07) is 17.2. The third-order valence-corrected chi connectivity index (χ3v) is 4.67. The average molecular weight is 366 g/mol. The lowest BCUT2D eigenvalue weighted by atomic mass is 10.2. The molecule has 1 aliphatic heterocycles. The summed E-state index contributed by atoms with van der Waals surface area (Å²) in [5, 5.41) is 9.57. The van der Waals surface area contributed by atoms with Crippen molar-refractivity contribution in [2.45, 2.75) is 6.42 Å². The molecule has 0 aromatic heterocycles. The quantitative estimate of drug-likeness (QED) is 0.773. The maximum Gasteiger partial charge on any atom is 0.246 e. The number of benzene rings is 2.